The number of carbonyl (C=O) groups is 3. The van der Waals surface area contributed by atoms with E-state index in [-0.39, 0.29) is 17.4 Å². The fourth-order valence-electron chi connectivity index (χ4n) is 4.43. The zero-order valence-corrected chi connectivity index (χ0v) is 14.4. The number of hydrogen-bond donors (Lipinski definition) is 1. The van der Waals surface area contributed by atoms with Crippen molar-refractivity contribution in [1.82, 2.24) is 10.2 Å². The summed E-state index contributed by atoms with van der Waals surface area (Å²) in [6, 6.07) is 4.75. The maximum atomic E-state index is 12.9. The van der Waals surface area contributed by atoms with Crippen LogP contribution < -0.4 is 5.32 Å². The van der Waals surface area contributed by atoms with Gasteiger partial charge < -0.3 is 0 Å². The zero-order chi connectivity index (χ0) is 19.1. The summed E-state index contributed by atoms with van der Waals surface area (Å²) >= 11 is 0. The van der Waals surface area contributed by atoms with Gasteiger partial charge in [-0.05, 0) is 37.2 Å². The van der Waals surface area contributed by atoms with Crippen molar-refractivity contribution in [2.45, 2.75) is 31.7 Å². The van der Waals surface area contributed by atoms with Gasteiger partial charge in [-0.2, -0.15) is 0 Å². The number of rotatable bonds is 4. The fourth-order valence-corrected chi connectivity index (χ4v) is 4.43. The molecule has 9 nitrogen and oxygen atoms in total. The van der Waals surface area contributed by atoms with Crippen molar-refractivity contribution in [2.24, 2.45) is 22.7 Å². The Morgan fingerprint density at radius 2 is 2.04 bits per heavy atom. The number of nitrogens with one attached hydrogen (secondary N) is 1. The molecule has 1 saturated heterocycles. The lowest BCUT2D eigenvalue weighted by Gasteiger charge is -2.36. The molecule has 0 spiro atoms. The van der Waals surface area contributed by atoms with Crippen molar-refractivity contribution in [3.05, 3.63) is 34.4 Å². The first-order chi connectivity index (χ1) is 12.9. The molecular weight excluding hydrogens is 352 g/mol. The van der Waals surface area contributed by atoms with Crippen LogP contribution in [-0.4, -0.2) is 39.9 Å². The van der Waals surface area contributed by atoms with Gasteiger partial charge in [0.1, 0.15) is 0 Å². The van der Waals surface area contributed by atoms with Gasteiger partial charge in [-0.15, -0.1) is 0 Å². The smallest absolute Gasteiger partial charge is 0.277 e. The Kier molecular flexibility index (Phi) is 4.21. The van der Waals surface area contributed by atoms with Gasteiger partial charge in [-0.3, -0.25) is 34.9 Å². The first-order valence-corrected chi connectivity index (χ1v) is 8.90. The number of aliphatic imine (C=N–C) groups is 1. The van der Waals surface area contributed by atoms with Crippen LogP contribution in [0.4, 0.5) is 16.2 Å². The van der Waals surface area contributed by atoms with Crippen LogP contribution in [0, 0.1) is 27.9 Å². The summed E-state index contributed by atoms with van der Waals surface area (Å²) in [6.07, 6.45) is 5.08. The molecule has 1 heterocycles. The topological polar surface area (TPSA) is 122 Å². The number of imide groups is 2. The zero-order valence-electron chi connectivity index (χ0n) is 14.4. The molecule has 140 valence electrons. The number of benzene rings is 1. The SMILES string of the molecule is O=C1NC(=O)N([C@@H]2C[C@H]3CC[C@H]2C3)C(=O)[C@@H]1C=Nc1cccc([N+](=O)[O-])c1. The highest BCUT2D eigenvalue weighted by Crippen LogP contribution is 2.47. The highest BCUT2D eigenvalue weighted by Gasteiger charge is 2.50. The number of nitro benzene ring substituents is 1. The van der Waals surface area contributed by atoms with E-state index < -0.39 is 28.7 Å². The van der Waals surface area contributed by atoms with Gasteiger partial charge in [-0.1, -0.05) is 12.5 Å². The van der Waals surface area contributed by atoms with Crippen LogP contribution in [-0.2, 0) is 9.59 Å². The molecule has 1 N–H and O–H groups in total. The minimum atomic E-state index is -1.22. The van der Waals surface area contributed by atoms with E-state index in [9.17, 15) is 24.5 Å². The lowest BCUT2D eigenvalue weighted by molar-refractivity contribution is -0.384. The van der Waals surface area contributed by atoms with E-state index in [4.69, 9.17) is 0 Å². The van der Waals surface area contributed by atoms with E-state index in [0.29, 0.717) is 11.8 Å². The maximum absolute atomic E-state index is 12.9. The first-order valence-electron chi connectivity index (χ1n) is 8.90. The van der Waals surface area contributed by atoms with Gasteiger partial charge in [0.05, 0.1) is 10.6 Å². The summed E-state index contributed by atoms with van der Waals surface area (Å²) in [7, 11) is 0. The first kappa shape index (κ1) is 17.3. The van der Waals surface area contributed by atoms with E-state index in [1.807, 2.05) is 0 Å². The number of hydrogen-bond acceptors (Lipinski definition) is 6. The summed E-state index contributed by atoms with van der Waals surface area (Å²) in [6.45, 7) is 0. The van der Waals surface area contributed by atoms with Crippen molar-refractivity contribution in [3.63, 3.8) is 0 Å². The van der Waals surface area contributed by atoms with Crippen LogP contribution in [0.3, 0.4) is 0 Å². The number of amides is 4. The van der Waals surface area contributed by atoms with Crippen molar-refractivity contribution >= 4 is 35.4 Å². The van der Waals surface area contributed by atoms with Crippen molar-refractivity contribution in [2.75, 3.05) is 0 Å². The highest BCUT2D eigenvalue weighted by atomic mass is 16.6. The molecule has 2 saturated carbocycles. The molecule has 3 aliphatic rings. The number of barbiturate groups is 1. The summed E-state index contributed by atoms with van der Waals surface area (Å²) in [5.74, 6) is -1.68. The van der Waals surface area contributed by atoms with Crippen LogP contribution in [0.5, 0.6) is 0 Å². The summed E-state index contributed by atoms with van der Waals surface area (Å²) in [5.41, 5.74) is 0.121. The number of urea groups is 1. The van der Waals surface area contributed by atoms with Gasteiger partial charge in [0, 0.05) is 24.4 Å². The third kappa shape index (κ3) is 3.09. The quantitative estimate of drug-likeness (QED) is 0.377. The summed E-state index contributed by atoms with van der Waals surface area (Å²) in [4.78, 5) is 52.8. The molecule has 0 unspecified atom stereocenters. The molecule has 1 aromatic carbocycles. The molecule has 3 fully saturated rings. The second-order valence-corrected chi connectivity index (χ2v) is 7.28. The van der Waals surface area contributed by atoms with Gasteiger partial charge in [0.2, 0.25) is 11.8 Å². The standard InChI is InChI=1S/C18H18N4O5/c23-16-14(9-19-12-2-1-3-13(8-12)22(26)27)17(24)21(18(25)20-16)15-7-10-4-5-11(15)6-10/h1-3,8-11,14-15H,4-7H2,(H,20,23,25)/t10-,11-,14+,15+/m0/s1. The van der Waals surface area contributed by atoms with Crippen LogP contribution in [0.25, 0.3) is 0 Å². The van der Waals surface area contributed by atoms with E-state index in [2.05, 4.69) is 10.3 Å². The molecule has 2 aliphatic carbocycles. The van der Waals surface area contributed by atoms with E-state index >= 15 is 0 Å². The van der Waals surface area contributed by atoms with Crippen molar-refractivity contribution < 1.29 is 19.3 Å². The Balaban J connectivity index is 1.56. The van der Waals surface area contributed by atoms with Gasteiger partial charge >= 0.3 is 6.03 Å². The second kappa shape index (κ2) is 6.57. The van der Waals surface area contributed by atoms with Crippen LogP contribution in [0.2, 0.25) is 0 Å². The molecule has 1 aromatic rings. The Morgan fingerprint density at radius 1 is 1.22 bits per heavy atom. The minimum absolute atomic E-state index is 0.136. The lowest BCUT2D eigenvalue weighted by Crippen LogP contribution is -2.62. The predicted octanol–water partition coefficient (Wildman–Crippen LogP) is 2.18. The predicted molar refractivity (Wildman–Crippen MR) is 94.4 cm³/mol. The Bertz CT molecular complexity index is 867. The average molecular weight is 370 g/mol. The Labute approximate surface area is 154 Å². The van der Waals surface area contributed by atoms with Crippen LogP contribution in [0.15, 0.2) is 29.3 Å². The monoisotopic (exact) mass is 370 g/mol. The second-order valence-electron chi connectivity index (χ2n) is 7.28. The fraction of sp³-hybridized carbons (Fsp3) is 0.444. The molecule has 4 rings (SSSR count). The summed E-state index contributed by atoms with van der Waals surface area (Å²) < 4.78 is 0. The number of nitrogens with zero attached hydrogens (tertiary/aromatic N) is 3. The van der Waals surface area contributed by atoms with Crippen molar-refractivity contribution in [3.8, 4) is 0 Å². The molecule has 1 aliphatic heterocycles. The molecule has 0 radical (unpaired) electrons. The van der Waals surface area contributed by atoms with Gasteiger partial charge in [0.15, 0.2) is 5.92 Å². The summed E-state index contributed by atoms with van der Waals surface area (Å²) in [5, 5.41) is 13.1. The van der Waals surface area contributed by atoms with E-state index in [0.717, 1.165) is 31.9 Å². The van der Waals surface area contributed by atoms with E-state index in [1.54, 1.807) is 0 Å². The molecule has 27 heavy (non-hydrogen) atoms. The van der Waals surface area contributed by atoms with Gasteiger partial charge in [-0.25, -0.2) is 4.79 Å². The van der Waals surface area contributed by atoms with Gasteiger partial charge in [0.25, 0.3) is 5.69 Å². The molecule has 4 atom stereocenters. The number of non-ortho nitro benzene ring substituents is 1. The highest BCUT2D eigenvalue weighted by molar-refractivity contribution is 6.23. The maximum Gasteiger partial charge on any atom is 0.331 e. The third-order valence-corrected chi connectivity index (χ3v) is 5.68. The molecule has 9 heteroatoms. The lowest BCUT2D eigenvalue weighted by atomic mass is 9.92. The largest absolute Gasteiger partial charge is 0.331 e. The number of carbonyl (C=O) groups excluding carboxylic acids is 3. The minimum Gasteiger partial charge on any atom is -0.277 e. The number of nitro groups is 1. The van der Waals surface area contributed by atoms with E-state index in [1.165, 1.54) is 29.2 Å². The Morgan fingerprint density at radius 3 is 2.70 bits per heavy atom. The molecular formula is C18H18N4O5. The third-order valence-electron chi connectivity index (χ3n) is 5.68. The van der Waals surface area contributed by atoms with Crippen LogP contribution >= 0.6 is 0 Å². The normalized spacial score (nSPS) is 30.2. The Hall–Kier alpha value is -3.10. The number of fused-ring (bicyclic) bond motifs is 2. The average Bonchev–Trinajstić information content (AvgIpc) is 3.25. The van der Waals surface area contributed by atoms with Crippen LogP contribution in [0.1, 0.15) is 25.7 Å². The van der Waals surface area contributed by atoms with Crippen molar-refractivity contribution in [1.29, 1.82) is 0 Å². The molecule has 2 bridgehead atoms. The molecule has 4 amide bonds. The molecule has 0 aromatic heterocycles.